The quantitative estimate of drug-likeness (QED) is 0.915. The van der Waals surface area contributed by atoms with Crippen LogP contribution in [0.2, 0.25) is 4.47 Å². The predicted molar refractivity (Wildman–Crippen MR) is 67.1 cm³/mol. The molecule has 1 aromatic carbocycles. The Morgan fingerprint density at radius 2 is 2.28 bits per heavy atom. The second kappa shape index (κ2) is 4.55. The van der Waals surface area contributed by atoms with E-state index in [2.05, 4.69) is 15.5 Å². The third-order valence-corrected chi connectivity index (χ3v) is 3.62. The number of rotatable bonds is 2. The molecule has 92 valence electrons. The Hall–Kier alpha value is -1.66. The van der Waals surface area contributed by atoms with E-state index < -0.39 is 0 Å². The fourth-order valence-corrected chi connectivity index (χ4v) is 2.53. The van der Waals surface area contributed by atoms with Gasteiger partial charge >= 0.3 is 0 Å². The van der Waals surface area contributed by atoms with Crippen molar-refractivity contribution < 1.29 is 9.53 Å². The molecule has 1 aromatic heterocycles. The Bertz CT molecular complexity index is 601. The Labute approximate surface area is 112 Å². The summed E-state index contributed by atoms with van der Waals surface area (Å²) in [5.41, 5.74) is 0.974. The zero-order valence-electron chi connectivity index (χ0n) is 9.09. The lowest BCUT2D eigenvalue weighted by atomic mass is 10.1. The normalized spacial score (nSPS) is 17.1. The summed E-state index contributed by atoms with van der Waals surface area (Å²) in [5.74, 6) is 0.516. The van der Waals surface area contributed by atoms with Crippen LogP contribution in [0.5, 0.6) is 5.75 Å². The number of fused-ring (bicyclic) bond motifs is 1. The fraction of sp³-hybridized carbons (Fsp3) is 0.182. The summed E-state index contributed by atoms with van der Waals surface area (Å²) in [4.78, 5) is 11.9. The highest BCUT2D eigenvalue weighted by molar-refractivity contribution is 7.17. The van der Waals surface area contributed by atoms with Crippen molar-refractivity contribution in [1.82, 2.24) is 15.5 Å². The molecule has 0 saturated heterocycles. The van der Waals surface area contributed by atoms with E-state index in [1.807, 2.05) is 24.3 Å². The summed E-state index contributed by atoms with van der Waals surface area (Å²) in [5, 5.41) is 10.4. The van der Waals surface area contributed by atoms with Gasteiger partial charge in [-0.05, 0) is 17.7 Å². The van der Waals surface area contributed by atoms with Crippen LogP contribution in [0.4, 0.5) is 0 Å². The minimum absolute atomic E-state index is 0.156. The van der Waals surface area contributed by atoms with Gasteiger partial charge in [-0.1, -0.05) is 29.5 Å². The van der Waals surface area contributed by atoms with E-state index in [0.29, 0.717) is 6.61 Å². The Morgan fingerprint density at radius 1 is 1.44 bits per heavy atom. The lowest BCUT2D eigenvalue weighted by Gasteiger charge is -2.09. The summed E-state index contributed by atoms with van der Waals surface area (Å²) in [6.45, 7) is 0.428. The van der Waals surface area contributed by atoms with Crippen molar-refractivity contribution in [2.75, 3.05) is 6.61 Å². The van der Waals surface area contributed by atoms with Crippen molar-refractivity contribution in [3.63, 3.8) is 0 Å². The van der Waals surface area contributed by atoms with E-state index >= 15 is 0 Å². The van der Waals surface area contributed by atoms with Gasteiger partial charge in [0.05, 0.1) is 6.04 Å². The third kappa shape index (κ3) is 2.04. The van der Waals surface area contributed by atoms with E-state index in [9.17, 15) is 4.79 Å². The van der Waals surface area contributed by atoms with Crippen molar-refractivity contribution in [2.45, 2.75) is 6.04 Å². The minimum atomic E-state index is -0.287. The molecule has 5 nitrogen and oxygen atoms in total. The minimum Gasteiger partial charge on any atom is -0.491 e. The molecule has 1 aliphatic rings. The molecule has 1 amide bonds. The number of amides is 1. The van der Waals surface area contributed by atoms with Gasteiger partial charge in [-0.2, -0.15) is 0 Å². The van der Waals surface area contributed by atoms with Crippen LogP contribution in [-0.4, -0.2) is 22.7 Å². The van der Waals surface area contributed by atoms with Crippen molar-refractivity contribution in [2.24, 2.45) is 0 Å². The zero-order chi connectivity index (χ0) is 12.5. The predicted octanol–water partition coefficient (Wildman–Crippen LogP) is 2.05. The molecule has 1 unspecified atom stereocenters. The maximum atomic E-state index is 11.9. The molecule has 0 fully saturated rings. The number of hydrogen-bond donors (Lipinski definition) is 1. The second-order valence-electron chi connectivity index (χ2n) is 3.74. The summed E-state index contributed by atoms with van der Waals surface area (Å²) in [7, 11) is 0. The highest BCUT2D eigenvalue weighted by Crippen LogP contribution is 2.31. The summed E-state index contributed by atoms with van der Waals surface area (Å²) < 4.78 is 5.73. The molecule has 1 aliphatic heterocycles. The first-order valence-electron chi connectivity index (χ1n) is 5.25. The molecule has 1 atom stereocenters. The number of nitrogens with zero attached hydrogens (tertiary/aromatic N) is 2. The van der Waals surface area contributed by atoms with E-state index in [4.69, 9.17) is 16.3 Å². The fourth-order valence-electron chi connectivity index (χ4n) is 1.80. The summed E-state index contributed by atoms with van der Waals surface area (Å²) in [6.07, 6.45) is 0. The van der Waals surface area contributed by atoms with Crippen molar-refractivity contribution in [3.8, 4) is 5.75 Å². The van der Waals surface area contributed by atoms with Gasteiger partial charge in [0.2, 0.25) is 9.47 Å². The largest absolute Gasteiger partial charge is 0.491 e. The third-order valence-electron chi connectivity index (χ3n) is 2.60. The number of carbonyl (C=O) groups excluding carboxylic acids is 1. The molecule has 1 N–H and O–H groups in total. The molecule has 0 aliphatic carbocycles. The van der Waals surface area contributed by atoms with Crippen LogP contribution in [0.1, 0.15) is 21.4 Å². The lowest BCUT2D eigenvalue weighted by molar-refractivity contribution is 0.0929. The van der Waals surface area contributed by atoms with Gasteiger partial charge in [0.1, 0.15) is 12.4 Å². The number of ether oxygens (including phenoxy) is 1. The van der Waals surface area contributed by atoms with Gasteiger partial charge in [0, 0.05) is 5.56 Å². The number of para-hydroxylation sites is 1. The molecule has 18 heavy (non-hydrogen) atoms. The van der Waals surface area contributed by atoms with Crippen molar-refractivity contribution >= 4 is 28.8 Å². The maximum Gasteiger partial charge on any atom is 0.282 e. The van der Waals surface area contributed by atoms with Crippen LogP contribution in [0.15, 0.2) is 24.3 Å². The second-order valence-corrected chi connectivity index (χ2v) is 5.29. The van der Waals surface area contributed by atoms with E-state index in [1.54, 1.807) is 0 Å². The average molecular weight is 282 g/mol. The number of aromatic nitrogens is 2. The van der Waals surface area contributed by atoms with Crippen molar-refractivity contribution in [3.05, 3.63) is 39.3 Å². The van der Waals surface area contributed by atoms with Gasteiger partial charge < -0.3 is 10.1 Å². The Kier molecular flexibility index (Phi) is 2.89. The van der Waals surface area contributed by atoms with Gasteiger partial charge in [-0.25, -0.2) is 0 Å². The number of hydrogen-bond acceptors (Lipinski definition) is 5. The van der Waals surface area contributed by atoms with E-state index in [-0.39, 0.29) is 21.4 Å². The van der Waals surface area contributed by atoms with Gasteiger partial charge in [-0.15, -0.1) is 10.2 Å². The maximum absolute atomic E-state index is 11.9. The zero-order valence-corrected chi connectivity index (χ0v) is 10.7. The highest BCUT2D eigenvalue weighted by Gasteiger charge is 2.26. The smallest absolute Gasteiger partial charge is 0.282 e. The molecule has 3 rings (SSSR count). The molecule has 0 radical (unpaired) electrons. The molecule has 2 aromatic rings. The molecular formula is C11H8ClN3O2S. The van der Waals surface area contributed by atoms with Crippen molar-refractivity contribution in [1.29, 1.82) is 0 Å². The Morgan fingerprint density at radius 3 is 3.06 bits per heavy atom. The number of benzene rings is 1. The van der Waals surface area contributed by atoms with Crippen LogP contribution in [0.3, 0.4) is 0 Å². The van der Waals surface area contributed by atoms with Crippen LogP contribution >= 0.6 is 22.9 Å². The van der Waals surface area contributed by atoms with Gasteiger partial charge in [0.25, 0.3) is 5.91 Å². The summed E-state index contributed by atoms with van der Waals surface area (Å²) in [6, 6.07) is 7.46. The molecule has 7 heteroatoms. The topological polar surface area (TPSA) is 64.1 Å². The molecule has 0 spiro atoms. The number of nitrogens with one attached hydrogen (secondary N) is 1. The molecular weight excluding hydrogens is 274 g/mol. The van der Waals surface area contributed by atoms with Gasteiger partial charge in [0.15, 0.2) is 0 Å². The number of halogens is 1. The first-order chi connectivity index (χ1) is 8.74. The molecule has 2 heterocycles. The first-order valence-corrected chi connectivity index (χ1v) is 6.45. The highest BCUT2D eigenvalue weighted by atomic mass is 35.5. The average Bonchev–Trinajstić information content (AvgIpc) is 2.97. The summed E-state index contributed by atoms with van der Waals surface area (Å²) >= 11 is 6.69. The Balaban J connectivity index is 1.77. The molecule has 0 bridgehead atoms. The monoisotopic (exact) mass is 281 g/mol. The van der Waals surface area contributed by atoms with Crippen LogP contribution in [0.25, 0.3) is 0 Å². The number of carbonyl (C=O) groups is 1. The van der Waals surface area contributed by atoms with E-state index in [0.717, 1.165) is 22.6 Å². The van der Waals surface area contributed by atoms with Crippen LogP contribution < -0.4 is 10.1 Å². The SMILES string of the molecule is O=C(NC1COc2ccccc21)c1nnc(Cl)s1. The van der Waals surface area contributed by atoms with Gasteiger partial charge in [-0.3, -0.25) is 4.79 Å². The standard InChI is InChI=1S/C11H8ClN3O2S/c12-11-15-14-10(18-11)9(16)13-7-5-17-8-4-2-1-3-6(7)8/h1-4,7H,5H2,(H,13,16). The molecule has 0 saturated carbocycles. The van der Waals surface area contributed by atoms with E-state index in [1.165, 1.54) is 0 Å². The van der Waals surface area contributed by atoms with Crippen LogP contribution in [-0.2, 0) is 0 Å². The van der Waals surface area contributed by atoms with Crippen LogP contribution in [0, 0.1) is 0 Å². The first kappa shape index (κ1) is 11.4. The lowest BCUT2D eigenvalue weighted by Crippen LogP contribution is -2.29.